The van der Waals surface area contributed by atoms with Crippen molar-refractivity contribution < 1.29 is 4.74 Å². The van der Waals surface area contributed by atoms with E-state index < -0.39 is 0 Å². The fourth-order valence-corrected chi connectivity index (χ4v) is 2.81. The summed E-state index contributed by atoms with van der Waals surface area (Å²) in [6, 6.07) is 9.31. The molecule has 0 aromatic heterocycles. The summed E-state index contributed by atoms with van der Waals surface area (Å²) < 4.78 is 5.46. The highest BCUT2D eigenvalue weighted by Gasteiger charge is 2.17. The van der Waals surface area contributed by atoms with Gasteiger partial charge in [-0.1, -0.05) is 31.5 Å². The third-order valence-electron chi connectivity index (χ3n) is 3.95. The lowest BCUT2D eigenvalue weighted by atomic mass is 10.0. The van der Waals surface area contributed by atoms with E-state index in [0.717, 1.165) is 25.3 Å². The lowest BCUT2D eigenvalue weighted by molar-refractivity contribution is 0.356. The second kappa shape index (κ2) is 7.51. The van der Waals surface area contributed by atoms with Gasteiger partial charge in [0.25, 0.3) is 0 Å². The molecule has 1 heterocycles. The Morgan fingerprint density at radius 3 is 2.89 bits per heavy atom. The molecule has 1 aromatic carbocycles. The average Bonchev–Trinajstić information content (AvgIpc) is 2.49. The van der Waals surface area contributed by atoms with Crippen molar-refractivity contribution in [3.63, 3.8) is 0 Å². The van der Waals surface area contributed by atoms with Gasteiger partial charge in [-0.05, 0) is 31.9 Å². The summed E-state index contributed by atoms with van der Waals surface area (Å²) in [7, 11) is 1.74. The van der Waals surface area contributed by atoms with Crippen molar-refractivity contribution in [2.24, 2.45) is 0 Å². The molecule has 1 aliphatic rings. The van der Waals surface area contributed by atoms with E-state index in [0.29, 0.717) is 12.1 Å². The molecule has 2 atom stereocenters. The molecule has 0 saturated carbocycles. The van der Waals surface area contributed by atoms with Gasteiger partial charge in [0.1, 0.15) is 5.75 Å². The maximum atomic E-state index is 5.46. The Balaban J connectivity index is 1.95. The van der Waals surface area contributed by atoms with E-state index in [1.165, 1.54) is 24.8 Å². The monoisotopic (exact) mass is 262 g/mol. The topological polar surface area (TPSA) is 33.3 Å². The molecule has 1 aliphatic heterocycles. The number of nitrogens with one attached hydrogen (secondary N) is 2. The van der Waals surface area contributed by atoms with Crippen molar-refractivity contribution in [2.45, 2.75) is 44.7 Å². The van der Waals surface area contributed by atoms with Crippen LogP contribution in [0.15, 0.2) is 24.3 Å². The molecular weight excluding hydrogens is 236 g/mol. The molecule has 2 rings (SSSR count). The van der Waals surface area contributed by atoms with E-state index in [1.54, 1.807) is 7.11 Å². The number of methoxy groups -OCH3 is 1. The van der Waals surface area contributed by atoms with Gasteiger partial charge in [0.2, 0.25) is 0 Å². The van der Waals surface area contributed by atoms with Crippen molar-refractivity contribution in [1.82, 2.24) is 10.6 Å². The second-order valence-electron chi connectivity index (χ2n) is 5.26. The quantitative estimate of drug-likeness (QED) is 0.827. The van der Waals surface area contributed by atoms with Crippen LogP contribution < -0.4 is 15.4 Å². The van der Waals surface area contributed by atoms with Crippen LogP contribution in [0.25, 0.3) is 0 Å². The first kappa shape index (κ1) is 14.4. The van der Waals surface area contributed by atoms with Crippen molar-refractivity contribution in [3.05, 3.63) is 29.8 Å². The molecule has 2 N–H and O–H groups in total. The first-order valence-corrected chi connectivity index (χ1v) is 7.44. The highest BCUT2D eigenvalue weighted by molar-refractivity contribution is 5.35. The Kier molecular flexibility index (Phi) is 5.67. The van der Waals surface area contributed by atoms with Gasteiger partial charge in [-0.2, -0.15) is 0 Å². The van der Waals surface area contributed by atoms with Crippen LogP contribution >= 0.6 is 0 Å². The number of rotatable bonds is 6. The Hall–Kier alpha value is -1.06. The van der Waals surface area contributed by atoms with Gasteiger partial charge in [0.05, 0.1) is 7.11 Å². The van der Waals surface area contributed by atoms with E-state index in [-0.39, 0.29) is 0 Å². The van der Waals surface area contributed by atoms with Crippen LogP contribution in [0.5, 0.6) is 5.75 Å². The van der Waals surface area contributed by atoms with Crippen LogP contribution in [-0.2, 0) is 0 Å². The van der Waals surface area contributed by atoms with E-state index in [1.807, 2.05) is 12.1 Å². The molecular formula is C16H26N2O. The van der Waals surface area contributed by atoms with Gasteiger partial charge < -0.3 is 15.4 Å². The number of piperidine rings is 1. The van der Waals surface area contributed by atoms with Crippen LogP contribution in [0.4, 0.5) is 0 Å². The molecule has 19 heavy (non-hydrogen) atoms. The van der Waals surface area contributed by atoms with Crippen molar-refractivity contribution >= 4 is 0 Å². The molecule has 0 spiro atoms. The van der Waals surface area contributed by atoms with E-state index in [4.69, 9.17) is 4.74 Å². The molecule has 1 saturated heterocycles. The van der Waals surface area contributed by atoms with Crippen molar-refractivity contribution in [1.29, 1.82) is 0 Å². The lowest BCUT2D eigenvalue weighted by Crippen LogP contribution is -2.42. The second-order valence-corrected chi connectivity index (χ2v) is 5.26. The zero-order chi connectivity index (χ0) is 13.5. The molecule has 1 aromatic rings. The lowest BCUT2D eigenvalue weighted by Gasteiger charge is -2.27. The Morgan fingerprint density at radius 1 is 1.37 bits per heavy atom. The number of hydrogen-bond acceptors (Lipinski definition) is 3. The number of hydrogen-bond donors (Lipinski definition) is 2. The molecule has 106 valence electrons. The van der Waals surface area contributed by atoms with Crippen LogP contribution in [0.2, 0.25) is 0 Å². The first-order valence-electron chi connectivity index (χ1n) is 7.44. The van der Waals surface area contributed by atoms with Crippen molar-refractivity contribution in [3.8, 4) is 5.75 Å². The molecule has 2 unspecified atom stereocenters. The molecule has 0 amide bonds. The third-order valence-corrected chi connectivity index (χ3v) is 3.95. The Labute approximate surface area is 116 Å². The largest absolute Gasteiger partial charge is 0.496 e. The summed E-state index contributed by atoms with van der Waals surface area (Å²) in [6.07, 6.45) is 5.04. The van der Waals surface area contributed by atoms with Gasteiger partial charge in [-0.3, -0.25) is 0 Å². The van der Waals surface area contributed by atoms with Gasteiger partial charge in [0, 0.05) is 24.2 Å². The molecule has 0 aliphatic carbocycles. The predicted molar refractivity (Wildman–Crippen MR) is 79.7 cm³/mol. The zero-order valence-corrected chi connectivity index (χ0v) is 12.1. The summed E-state index contributed by atoms with van der Waals surface area (Å²) in [6.45, 7) is 4.42. The van der Waals surface area contributed by atoms with Gasteiger partial charge in [-0.25, -0.2) is 0 Å². The maximum absolute atomic E-state index is 5.46. The third kappa shape index (κ3) is 3.95. The fourth-order valence-electron chi connectivity index (χ4n) is 2.81. The van der Waals surface area contributed by atoms with E-state index >= 15 is 0 Å². The molecule has 3 heteroatoms. The Bertz CT molecular complexity index is 375. The minimum atomic E-state index is 0.375. The van der Waals surface area contributed by atoms with Crippen LogP contribution in [0.1, 0.15) is 44.2 Å². The summed E-state index contributed by atoms with van der Waals surface area (Å²) >= 11 is 0. The van der Waals surface area contributed by atoms with Crippen LogP contribution in [-0.4, -0.2) is 26.2 Å². The van der Waals surface area contributed by atoms with Gasteiger partial charge >= 0.3 is 0 Å². The first-order chi connectivity index (χ1) is 9.35. The molecule has 3 nitrogen and oxygen atoms in total. The smallest absolute Gasteiger partial charge is 0.123 e. The highest BCUT2D eigenvalue weighted by atomic mass is 16.5. The zero-order valence-electron chi connectivity index (χ0n) is 12.1. The summed E-state index contributed by atoms with van der Waals surface area (Å²) in [4.78, 5) is 0. The van der Waals surface area contributed by atoms with E-state index in [2.05, 4.69) is 29.7 Å². The number of para-hydroxylation sites is 1. The van der Waals surface area contributed by atoms with Gasteiger partial charge in [-0.15, -0.1) is 0 Å². The average molecular weight is 262 g/mol. The summed E-state index contributed by atoms with van der Waals surface area (Å²) in [5, 5.41) is 7.27. The minimum Gasteiger partial charge on any atom is -0.496 e. The normalized spacial score (nSPS) is 21.1. The summed E-state index contributed by atoms with van der Waals surface area (Å²) in [5.41, 5.74) is 1.27. The Morgan fingerprint density at radius 2 is 2.21 bits per heavy atom. The molecule has 1 fully saturated rings. The highest BCUT2D eigenvalue weighted by Crippen LogP contribution is 2.26. The van der Waals surface area contributed by atoms with E-state index in [9.17, 15) is 0 Å². The molecule has 0 radical (unpaired) electrons. The fraction of sp³-hybridized carbons (Fsp3) is 0.625. The van der Waals surface area contributed by atoms with Crippen LogP contribution in [0.3, 0.4) is 0 Å². The number of ether oxygens (including phenoxy) is 1. The van der Waals surface area contributed by atoms with Crippen LogP contribution in [0, 0.1) is 0 Å². The SMILES string of the molecule is CCC(NCC1CCCCN1)c1ccccc1OC. The minimum absolute atomic E-state index is 0.375. The maximum Gasteiger partial charge on any atom is 0.123 e. The predicted octanol–water partition coefficient (Wildman–Crippen LogP) is 2.88. The standard InChI is InChI=1S/C16H26N2O/c1-3-15(14-9-4-5-10-16(14)19-2)18-12-13-8-6-7-11-17-13/h4-5,9-10,13,15,17-18H,3,6-8,11-12H2,1-2H3. The van der Waals surface area contributed by atoms with Gasteiger partial charge in [0.15, 0.2) is 0 Å². The number of benzene rings is 1. The summed E-state index contributed by atoms with van der Waals surface area (Å²) in [5.74, 6) is 0.985. The van der Waals surface area contributed by atoms with Crippen molar-refractivity contribution in [2.75, 3.05) is 20.2 Å². The molecule has 0 bridgehead atoms.